The average molecular weight is 439 g/mol. The molecule has 0 bridgehead atoms. The van der Waals surface area contributed by atoms with Gasteiger partial charge in [-0.1, -0.05) is 17.7 Å². The number of anilines is 1. The third-order valence-electron chi connectivity index (χ3n) is 5.35. The Kier molecular flexibility index (Phi) is 4.98. The van der Waals surface area contributed by atoms with Crippen molar-refractivity contribution < 1.29 is 4.79 Å². The Morgan fingerprint density at radius 3 is 2.97 bits per heavy atom. The monoisotopic (exact) mass is 438 g/mol. The maximum Gasteiger partial charge on any atom is 0.237 e. The number of carbonyl (C=O) groups is 1. The summed E-state index contributed by atoms with van der Waals surface area (Å²) in [7, 11) is 0. The smallest absolute Gasteiger partial charge is 0.237 e. The van der Waals surface area contributed by atoms with Crippen molar-refractivity contribution in [2.24, 2.45) is 0 Å². The second kappa shape index (κ2) is 7.79. The van der Waals surface area contributed by atoms with E-state index in [1.807, 2.05) is 35.2 Å². The van der Waals surface area contributed by atoms with Gasteiger partial charge in [0.1, 0.15) is 17.3 Å². The fourth-order valence-electron chi connectivity index (χ4n) is 3.87. The van der Waals surface area contributed by atoms with E-state index in [9.17, 15) is 4.79 Å². The number of aromatic nitrogens is 3. The van der Waals surface area contributed by atoms with Crippen molar-refractivity contribution in [3.63, 3.8) is 0 Å². The molecule has 1 saturated heterocycles. The topological polar surface area (TPSA) is 97.0 Å². The zero-order valence-corrected chi connectivity index (χ0v) is 17.6. The molecule has 4 heterocycles. The summed E-state index contributed by atoms with van der Waals surface area (Å²) in [4.78, 5) is 28.6. The summed E-state index contributed by atoms with van der Waals surface area (Å²) >= 11 is 7.73. The molecule has 0 radical (unpaired) electrons. The molecule has 0 saturated carbocycles. The number of rotatable bonds is 4. The number of hydrogen-bond donors (Lipinski definition) is 2. The number of hydrogen-bond acceptors (Lipinski definition) is 7. The van der Waals surface area contributed by atoms with E-state index in [0.717, 1.165) is 38.1 Å². The Morgan fingerprint density at radius 1 is 1.20 bits per heavy atom. The van der Waals surface area contributed by atoms with Gasteiger partial charge in [0.2, 0.25) is 5.91 Å². The van der Waals surface area contributed by atoms with E-state index in [-0.39, 0.29) is 11.9 Å². The minimum atomic E-state index is -0.0887. The molecule has 0 aliphatic carbocycles. The number of nitrogen functional groups attached to an aromatic ring is 1. The van der Waals surface area contributed by atoms with Gasteiger partial charge < -0.3 is 16.0 Å². The van der Waals surface area contributed by atoms with Gasteiger partial charge in [-0.2, -0.15) is 0 Å². The van der Waals surface area contributed by atoms with Crippen LogP contribution < -0.4 is 11.1 Å². The molecule has 9 heteroatoms. The molecule has 1 fully saturated rings. The van der Waals surface area contributed by atoms with Crippen LogP contribution in [0.4, 0.5) is 5.82 Å². The standard InChI is InChI=1S/C21H19ClN6OS/c22-19-4-3-17-15(27-19)9-18(30-17)16(28-6-5-24-10-20(28)29)8-12-1-2-13-14(7-12)25-11-26-21(13)23/h1-4,7,9,11,16,24H,5-6,8,10H2,(H2,23,25,26). The van der Waals surface area contributed by atoms with E-state index in [1.165, 1.54) is 6.33 Å². The van der Waals surface area contributed by atoms with Crippen LogP contribution >= 0.6 is 22.9 Å². The lowest BCUT2D eigenvalue weighted by Gasteiger charge is -2.34. The minimum absolute atomic E-state index is 0.0887. The molecule has 4 aromatic rings. The molecule has 7 nitrogen and oxygen atoms in total. The molecule has 1 aliphatic rings. The molecule has 1 amide bonds. The summed E-state index contributed by atoms with van der Waals surface area (Å²) in [6.07, 6.45) is 2.15. The van der Waals surface area contributed by atoms with Crippen molar-refractivity contribution in [3.05, 3.63) is 58.3 Å². The lowest BCUT2D eigenvalue weighted by Crippen LogP contribution is -2.49. The number of fused-ring (bicyclic) bond motifs is 2. The van der Waals surface area contributed by atoms with Crippen LogP contribution in [0.5, 0.6) is 0 Å². The molecule has 1 atom stereocenters. The van der Waals surface area contributed by atoms with E-state index in [4.69, 9.17) is 17.3 Å². The third kappa shape index (κ3) is 3.58. The molecule has 30 heavy (non-hydrogen) atoms. The summed E-state index contributed by atoms with van der Waals surface area (Å²) in [5.74, 6) is 0.565. The van der Waals surface area contributed by atoms with E-state index < -0.39 is 0 Å². The SMILES string of the molecule is Nc1ncnc2cc(CC(c3cc4nc(Cl)ccc4s3)N3CCNCC3=O)ccc12. The van der Waals surface area contributed by atoms with Gasteiger partial charge in [-0.05, 0) is 42.3 Å². The second-order valence-electron chi connectivity index (χ2n) is 7.26. The number of benzene rings is 1. The van der Waals surface area contributed by atoms with E-state index >= 15 is 0 Å². The van der Waals surface area contributed by atoms with Crippen LogP contribution in [0.15, 0.2) is 42.7 Å². The van der Waals surface area contributed by atoms with Gasteiger partial charge in [0.15, 0.2) is 0 Å². The van der Waals surface area contributed by atoms with Crippen molar-refractivity contribution in [2.45, 2.75) is 12.5 Å². The maximum absolute atomic E-state index is 12.7. The van der Waals surface area contributed by atoms with Crippen LogP contribution in [0.25, 0.3) is 21.1 Å². The number of pyridine rings is 1. The van der Waals surface area contributed by atoms with Crippen LogP contribution in [0.3, 0.4) is 0 Å². The van der Waals surface area contributed by atoms with E-state index in [2.05, 4.69) is 20.3 Å². The first kappa shape index (κ1) is 19.2. The highest BCUT2D eigenvalue weighted by atomic mass is 35.5. The fourth-order valence-corrected chi connectivity index (χ4v) is 5.14. The van der Waals surface area contributed by atoms with Crippen molar-refractivity contribution in [3.8, 4) is 0 Å². The predicted octanol–water partition coefficient (Wildman–Crippen LogP) is 3.19. The summed E-state index contributed by atoms with van der Waals surface area (Å²) in [6.45, 7) is 1.79. The van der Waals surface area contributed by atoms with Gasteiger partial charge in [0.25, 0.3) is 0 Å². The zero-order chi connectivity index (χ0) is 20.7. The highest BCUT2D eigenvalue weighted by Crippen LogP contribution is 2.35. The number of amides is 1. The number of nitrogens with two attached hydrogens (primary N) is 1. The molecule has 152 valence electrons. The lowest BCUT2D eigenvalue weighted by molar-refractivity contribution is -0.134. The fraction of sp³-hybridized carbons (Fsp3) is 0.238. The van der Waals surface area contributed by atoms with Crippen LogP contribution in [0.2, 0.25) is 5.15 Å². The molecule has 5 rings (SSSR count). The molecule has 1 aliphatic heterocycles. The Morgan fingerprint density at radius 2 is 2.10 bits per heavy atom. The van der Waals surface area contributed by atoms with E-state index in [0.29, 0.717) is 30.5 Å². The van der Waals surface area contributed by atoms with Crippen LogP contribution in [-0.2, 0) is 11.2 Å². The Bertz CT molecular complexity index is 1260. The van der Waals surface area contributed by atoms with Crippen molar-refractivity contribution in [1.82, 2.24) is 25.2 Å². The predicted molar refractivity (Wildman–Crippen MR) is 120 cm³/mol. The zero-order valence-electron chi connectivity index (χ0n) is 16.0. The normalized spacial score (nSPS) is 15.8. The van der Waals surface area contributed by atoms with Gasteiger partial charge in [-0.25, -0.2) is 15.0 Å². The van der Waals surface area contributed by atoms with Crippen molar-refractivity contribution in [2.75, 3.05) is 25.4 Å². The van der Waals surface area contributed by atoms with Crippen LogP contribution in [0.1, 0.15) is 16.5 Å². The summed E-state index contributed by atoms with van der Waals surface area (Å²) in [5, 5.41) is 4.45. The first-order chi connectivity index (χ1) is 14.6. The number of halogens is 1. The summed E-state index contributed by atoms with van der Waals surface area (Å²) in [5.41, 5.74) is 8.70. The molecular weight excluding hydrogens is 420 g/mol. The van der Waals surface area contributed by atoms with Crippen LogP contribution in [-0.4, -0.2) is 45.4 Å². The Balaban J connectivity index is 1.56. The second-order valence-corrected chi connectivity index (χ2v) is 8.76. The molecular formula is C21H19ClN6OS. The first-order valence-corrected chi connectivity index (χ1v) is 10.8. The highest BCUT2D eigenvalue weighted by molar-refractivity contribution is 7.19. The summed E-state index contributed by atoms with van der Waals surface area (Å²) < 4.78 is 1.06. The van der Waals surface area contributed by atoms with Crippen LogP contribution in [0, 0.1) is 0 Å². The van der Waals surface area contributed by atoms with Gasteiger partial charge in [-0.3, -0.25) is 4.79 Å². The summed E-state index contributed by atoms with van der Waals surface area (Å²) in [6, 6.07) is 11.7. The average Bonchev–Trinajstić information content (AvgIpc) is 3.15. The largest absolute Gasteiger partial charge is 0.383 e. The number of nitrogens with zero attached hydrogens (tertiary/aromatic N) is 4. The molecule has 3 N–H and O–H groups in total. The number of piperazine rings is 1. The molecule has 3 aromatic heterocycles. The minimum Gasteiger partial charge on any atom is -0.383 e. The number of nitrogens with one attached hydrogen (secondary N) is 1. The number of carbonyl (C=O) groups excluding carboxylic acids is 1. The third-order valence-corrected chi connectivity index (χ3v) is 6.75. The highest BCUT2D eigenvalue weighted by Gasteiger charge is 2.29. The molecule has 1 unspecified atom stereocenters. The quantitative estimate of drug-likeness (QED) is 0.475. The Labute approximate surface area is 181 Å². The lowest BCUT2D eigenvalue weighted by atomic mass is 10.0. The molecule has 0 spiro atoms. The van der Waals surface area contributed by atoms with Crippen molar-refractivity contribution >= 4 is 55.8 Å². The van der Waals surface area contributed by atoms with Gasteiger partial charge in [0.05, 0.1) is 28.3 Å². The van der Waals surface area contributed by atoms with Gasteiger partial charge in [0, 0.05) is 23.4 Å². The first-order valence-electron chi connectivity index (χ1n) is 9.64. The maximum atomic E-state index is 12.7. The number of thiophene rings is 1. The molecule has 1 aromatic carbocycles. The van der Waals surface area contributed by atoms with Gasteiger partial charge in [-0.15, -0.1) is 11.3 Å². The van der Waals surface area contributed by atoms with Gasteiger partial charge >= 0.3 is 0 Å². The van der Waals surface area contributed by atoms with Crippen molar-refractivity contribution in [1.29, 1.82) is 0 Å². The Hall–Kier alpha value is -2.81. The van der Waals surface area contributed by atoms with E-state index in [1.54, 1.807) is 17.4 Å².